The highest BCUT2D eigenvalue weighted by Crippen LogP contribution is 2.34. The Morgan fingerprint density at radius 1 is 1.00 bits per heavy atom. The SMILES string of the molecule is N#Cc1cccc(Nc2ccc(N=O)c3[nH]c(C(=O)NS(=O)(=O)c4ccccc4)cc23)c1. The Morgan fingerprint density at radius 2 is 1.78 bits per heavy atom. The highest BCUT2D eigenvalue weighted by atomic mass is 32.2. The van der Waals surface area contributed by atoms with Crippen LogP contribution in [0.15, 0.2) is 82.9 Å². The summed E-state index contributed by atoms with van der Waals surface area (Å²) >= 11 is 0. The summed E-state index contributed by atoms with van der Waals surface area (Å²) in [5.74, 6) is -0.890. The molecule has 9 nitrogen and oxygen atoms in total. The van der Waals surface area contributed by atoms with E-state index in [-0.39, 0.29) is 21.8 Å². The van der Waals surface area contributed by atoms with Crippen LogP contribution >= 0.6 is 0 Å². The number of rotatable bonds is 6. The molecule has 0 bridgehead atoms. The zero-order chi connectivity index (χ0) is 22.7. The molecule has 0 saturated heterocycles. The summed E-state index contributed by atoms with van der Waals surface area (Å²) < 4.78 is 26.9. The molecule has 0 radical (unpaired) electrons. The van der Waals surface area contributed by atoms with Gasteiger partial charge in [0.25, 0.3) is 15.9 Å². The number of nitriles is 1. The molecule has 0 unspecified atom stereocenters. The summed E-state index contributed by atoms with van der Waals surface area (Å²) in [4.78, 5) is 26.6. The molecule has 0 fully saturated rings. The van der Waals surface area contributed by atoms with Gasteiger partial charge in [0.1, 0.15) is 11.4 Å². The van der Waals surface area contributed by atoms with E-state index in [0.29, 0.717) is 22.3 Å². The summed E-state index contributed by atoms with van der Waals surface area (Å²) in [5, 5.41) is 15.6. The molecule has 158 valence electrons. The van der Waals surface area contributed by atoms with Crippen molar-refractivity contribution in [2.24, 2.45) is 5.18 Å². The Labute approximate surface area is 182 Å². The van der Waals surface area contributed by atoms with E-state index < -0.39 is 15.9 Å². The van der Waals surface area contributed by atoms with Crippen LogP contribution in [0.4, 0.5) is 17.1 Å². The molecule has 4 rings (SSSR count). The van der Waals surface area contributed by atoms with Crippen molar-refractivity contribution < 1.29 is 13.2 Å². The lowest BCUT2D eigenvalue weighted by Gasteiger charge is -2.08. The van der Waals surface area contributed by atoms with Gasteiger partial charge in [0.2, 0.25) is 0 Å². The predicted octanol–water partition coefficient (Wildman–Crippen LogP) is 4.30. The number of nitrogens with zero attached hydrogens (tertiary/aromatic N) is 2. The molecule has 0 aliphatic rings. The molecule has 1 amide bonds. The van der Waals surface area contributed by atoms with Crippen LogP contribution in [0.1, 0.15) is 16.1 Å². The second-order valence-electron chi connectivity index (χ2n) is 6.76. The monoisotopic (exact) mass is 445 g/mol. The van der Waals surface area contributed by atoms with E-state index in [1.807, 2.05) is 4.72 Å². The molecule has 10 heteroatoms. The standard InChI is InChI=1S/C22H15N5O4S/c23-13-14-5-4-6-15(11-14)24-18-9-10-19(26-29)21-17(18)12-20(25-21)22(28)27-32(30,31)16-7-2-1-3-8-16/h1-12,24-25H,(H,27,28). The first-order chi connectivity index (χ1) is 15.4. The first kappa shape index (κ1) is 20.8. The number of H-pyrrole nitrogens is 1. The number of hydrogen-bond donors (Lipinski definition) is 3. The number of aromatic nitrogens is 1. The number of sulfonamides is 1. The molecule has 3 aromatic carbocycles. The van der Waals surface area contributed by atoms with E-state index in [1.165, 1.54) is 24.3 Å². The highest BCUT2D eigenvalue weighted by Gasteiger charge is 2.21. The van der Waals surface area contributed by atoms with E-state index >= 15 is 0 Å². The summed E-state index contributed by atoms with van der Waals surface area (Å²) in [6, 6.07) is 20.8. The topological polar surface area (TPSA) is 144 Å². The number of nitrogens with one attached hydrogen (secondary N) is 3. The van der Waals surface area contributed by atoms with Gasteiger partial charge in [0.05, 0.1) is 22.0 Å². The van der Waals surface area contributed by atoms with E-state index in [0.717, 1.165) is 0 Å². The lowest BCUT2D eigenvalue weighted by molar-refractivity contribution is 0.0977. The van der Waals surface area contributed by atoms with Crippen molar-refractivity contribution in [1.29, 1.82) is 5.26 Å². The Hall–Kier alpha value is -4.49. The van der Waals surface area contributed by atoms with Crippen molar-refractivity contribution >= 4 is 43.9 Å². The maximum Gasteiger partial charge on any atom is 0.281 e. The average molecular weight is 445 g/mol. The van der Waals surface area contributed by atoms with Crippen LogP contribution in [0.2, 0.25) is 0 Å². The van der Waals surface area contributed by atoms with Crippen LogP contribution in [-0.2, 0) is 10.0 Å². The van der Waals surface area contributed by atoms with Gasteiger partial charge in [0.15, 0.2) is 0 Å². The quantitative estimate of drug-likeness (QED) is 0.377. The van der Waals surface area contributed by atoms with Crippen molar-refractivity contribution in [3.05, 3.63) is 89.0 Å². The Morgan fingerprint density at radius 3 is 2.50 bits per heavy atom. The first-order valence-electron chi connectivity index (χ1n) is 9.30. The van der Waals surface area contributed by atoms with Gasteiger partial charge in [-0.1, -0.05) is 24.3 Å². The minimum Gasteiger partial charge on any atom is -0.355 e. The fourth-order valence-corrected chi connectivity index (χ4v) is 4.16. The zero-order valence-corrected chi connectivity index (χ0v) is 17.2. The molecular weight excluding hydrogens is 430 g/mol. The molecule has 0 saturated carbocycles. The molecule has 4 aromatic rings. The van der Waals surface area contributed by atoms with E-state index in [1.54, 1.807) is 48.5 Å². The summed E-state index contributed by atoms with van der Waals surface area (Å²) in [7, 11) is -4.08. The van der Waals surface area contributed by atoms with Crippen LogP contribution < -0.4 is 10.0 Å². The van der Waals surface area contributed by atoms with Crippen LogP contribution in [0.25, 0.3) is 10.9 Å². The third-order valence-corrected chi connectivity index (χ3v) is 6.01. The number of carbonyl (C=O) groups excluding carboxylic acids is 1. The van der Waals surface area contributed by atoms with Crippen LogP contribution in [0.5, 0.6) is 0 Å². The Balaban J connectivity index is 1.71. The maximum atomic E-state index is 12.7. The smallest absolute Gasteiger partial charge is 0.281 e. The minimum atomic E-state index is -4.08. The fraction of sp³-hybridized carbons (Fsp3) is 0. The fourth-order valence-electron chi connectivity index (χ4n) is 3.17. The van der Waals surface area contributed by atoms with Gasteiger partial charge in [-0.15, -0.1) is 4.91 Å². The van der Waals surface area contributed by atoms with Crippen LogP contribution in [-0.4, -0.2) is 19.3 Å². The number of aromatic amines is 1. The number of carbonyl (C=O) groups is 1. The number of anilines is 2. The van der Waals surface area contributed by atoms with Crippen LogP contribution in [0, 0.1) is 16.2 Å². The van der Waals surface area contributed by atoms with Crippen molar-refractivity contribution in [3.63, 3.8) is 0 Å². The van der Waals surface area contributed by atoms with Gasteiger partial charge < -0.3 is 10.3 Å². The van der Waals surface area contributed by atoms with Gasteiger partial charge in [-0.05, 0) is 53.7 Å². The molecule has 0 atom stereocenters. The Bertz CT molecular complexity index is 1490. The lowest BCUT2D eigenvalue weighted by Crippen LogP contribution is -2.30. The number of benzene rings is 3. The second-order valence-corrected chi connectivity index (χ2v) is 8.44. The number of amides is 1. The number of fused-ring (bicyclic) bond motifs is 1. The minimum absolute atomic E-state index is 0.0561. The molecule has 0 spiro atoms. The largest absolute Gasteiger partial charge is 0.355 e. The molecule has 1 heterocycles. The van der Waals surface area contributed by atoms with Crippen molar-refractivity contribution in [1.82, 2.24) is 9.71 Å². The number of nitroso groups, excluding NO2 is 1. The lowest BCUT2D eigenvalue weighted by atomic mass is 10.1. The Kier molecular flexibility index (Phi) is 5.41. The van der Waals surface area contributed by atoms with E-state index in [9.17, 15) is 18.1 Å². The summed E-state index contributed by atoms with van der Waals surface area (Å²) in [5.41, 5.74) is 1.87. The summed E-state index contributed by atoms with van der Waals surface area (Å²) in [6.07, 6.45) is 0. The summed E-state index contributed by atoms with van der Waals surface area (Å²) in [6.45, 7) is 0. The number of hydrogen-bond acceptors (Lipinski definition) is 7. The normalized spacial score (nSPS) is 11.0. The third-order valence-electron chi connectivity index (χ3n) is 4.67. The predicted molar refractivity (Wildman–Crippen MR) is 119 cm³/mol. The molecule has 1 aromatic heterocycles. The zero-order valence-electron chi connectivity index (χ0n) is 16.4. The van der Waals surface area contributed by atoms with Gasteiger partial charge in [-0.2, -0.15) is 5.26 Å². The second kappa shape index (κ2) is 8.33. The van der Waals surface area contributed by atoms with Crippen molar-refractivity contribution in [2.75, 3.05) is 5.32 Å². The average Bonchev–Trinajstić information content (AvgIpc) is 3.26. The molecule has 3 N–H and O–H groups in total. The molecular formula is C22H15N5O4S. The molecule has 32 heavy (non-hydrogen) atoms. The highest BCUT2D eigenvalue weighted by molar-refractivity contribution is 7.90. The first-order valence-corrected chi connectivity index (χ1v) is 10.8. The maximum absolute atomic E-state index is 12.7. The van der Waals surface area contributed by atoms with Gasteiger partial charge in [-0.3, -0.25) is 4.79 Å². The van der Waals surface area contributed by atoms with E-state index in [2.05, 4.69) is 21.5 Å². The van der Waals surface area contributed by atoms with Gasteiger partial charge >= 0.3 is 0 Å². The van der Waals surface area contributed by atoms with Gasteiger partial charge in [0, 0.05) is 16.8 Å². The van der Waals surface area contributed by atoms with Gasteiger partial charge in [-0.25, -0.2) is 13.1 Å². The molecule has 0 aliphatic heterocycles. The molecule has 0 aliphatic carbocycles. The van der Waals surface area contributed by atoms with E-state index in [4.69, 9.17) is 5.26 Å². The third kappa shape index (κ3) is 4.05. The van der Waals surface area contributed by atoms with Crippen molar-refractivity contribution in [2.45, 2.75) is 4.90 Å². The van der Waals surface area contributed by atoms with Crippen molar-refractivity contribution in [3.8, 4) is 6.07 Å². The van der Waals surface area contributed by atoms with Crippen LogP contribution in [0.3, 0.4) is 0 Å².